The largest absolute Gasteiger partial charge is 2.00 e. The summed E-state index contributed by atoms with van der Waals surface area (Å²) in [5, 5.41) is 29.2. The van der Waals surface area contributed by atoms with Gasteiger partial charge in [0.15, 0.2) is 0 Å². The number of rotatable bonds is 0. The third kappa shape index (κ3) is 2630. The summed E-state index contributed by atoms with van der Waals surface area (Å²) >= 11 is 0. The van der Waals surface area contributed by atoms with Gasteiger partial charge in [-0.05, 0) is 0 Å². The minimum atomic E-state index is 0. The first-order valence-electron chi connectivity index (χ1n) is 1.22. The maximum Gasteiger partial charge on any atom is 2.00 e. The predicted molar refractivity (Wildman–Crippen MR) is 29.9 cm³/mol. The van der Waals surface area contributed by atoms with Gasteiger partial charge >= 0.3 is 50.0 Å². The Labute approximate surface area is 99.8 Å². The van der Waals surface area contributed by atoms with Crippen molar-refractivity contribution < 1.29 is 50.0 Å². The van der Waals surface area contributed by atoms with Crippen LogP contribution in [-0.2, 0) is 50.0 Å². The van der Waals surface area contributed by atoms with Gasteiger partial charge < -0.3 is 15.6 Å². The molecule has 58 valence electrons. The van der Waals surface area contributed by atoms with Gasteiger partial charge in [-0.2, -0.15) is 0 Å². The minimum Gasteiger partial charge on any atom is -0.539 e. The molecule has 0 saturated heterocycles. The molecular weight excluding hydrogens is 435 g/mol. The van der Waals surface area contributed by atoms with E-state index in [4.69, 9.17) is 35.3 Å². The summed E-state index contributed by atoms with van der Waals surface area (Å²) in [6.07, 6.45) is 0. The maximum atomic E-state index is 8.22. The fraction of sp³-hybridized carbons (Fsp3) is 0. The molecule has 8 heteroatoms. The fourth-order valence-electron chi connectivity index (χ4n) is 0. The second kappa shape index (κ2) is 108. The summed E-state index contributed by atoms with van der Waals surface area (Å²) in [7, 11) is 0. The van der Waals surface area contributed by atoms with Crippen molar-refractivity contribution in [3.63, 3.8) is 0 Å². The summed E-state index contributed by atoms with van der Waals surface area (Å²) < 4.78 is 0. The fourth-order valence-corrected chi connectivity index (χ4v) is 0. The second-order valence-electron chi connectivity index (χ2n) is 0.274. The molecule has 0 N–H and O–H groups in total. The molecule has 0 unspecified atom stereocenters. The van der Waals surface area contributed by atoms with E-state index in [1.54, 1.807) is 0 Å². The normalized spacial score (nSPS) is 1.91. The first-order valence-corrected chi connectivity index (χ1v) is 1.22. The van der Waals surface area contributed by atoms with Crippen molar-refractivity contribution in [1.29, 1.82) is 0 Å². The van der Waals surface area contributed by atoms with Crippen molar-refractivity contribution in [3.8, 4) is 0 Å². The van der Waals surface area contributed by atoms with E-state index < -0.39 is 0 Å². The molecule has 6 nitrogen and oxygen atoms in total. The monoisotopic (exact) mass is 435 g/mol. The van der Waals surface area contributed by atoms with Gasteiger partial charge in [0.1, 0.15) is 0 Å². The smallest absolute Gasteiger partial charge is 0.539 e. The average molecular weight is 435 g/mol. The van der Waals surface area contributed by atoms with Crippen LogP contribution in [0.5, 0.6) is 0 Å². The predicted octanol–water partition coefficient (Wildman–Crippen LogP) is 1.21. The second-order valence-corrected chi connectivity index (χ2v) is 0.274. The van der Waals surface area contributed by atoms with Crippen molar-refractivity contribution >= 4 is 0 Å². The van der Waals surface area contributed by atoms with E-state index in [0.717, 1.165) is 0 Å². The van der Waals surface area contributed by atoms with Crippen molar-refractivity contribution in [2.45, 2.75) is 0 Å². The molecule has 0 heterocycles. The summed E-state index contributed by atoms with van der Waals surface area (Å²) in [5.74, 6) is 0. The van der Waals surface area contributed by atoms with Gasteiger partial charge in [0.25, 0.3) is 0 Å². The van der Waals surface area contributed by atoms with Gasteiger partial charge in [-0.1, -0.05) is 0 Å². The summed E-state index contributed by atoms with van der Waals surface area (Å²) in [6, 6.07) is 0. The zero-order chi connectivity index (χ0) is 8.12. The van der Waals surface area contributed by atoms with Crippen molar-refractivity contribution in [1.82, 2.24) is 0 Å². The Morgan fingerprint density at radius 1 is 0.727 bits per heavy atom. The third-order valence-corrected chi connectivity index (χ3v) is 0. The van der Waals surface area contributed by atoms with Crippen molar-refractivity contribution in [2.24, 2.45) is 0 Å². The van der Waals surface area contributed by atoms with Crippen LogP contribution in [-0.4, -0.2) is 0 Å². The number of hydrogen-bond acceptors (Lipinski definition) is 3. The SMILES string of the molecule is [Ag+].[C-]#[N+][O-].[C-]#[N+][O-].[C-]#[N+][O-].[Hg+2]. The first-order chi connectivity index (χ1) is 4.24. The van der Waals surface area contributed by atoms with Gasteiger partial charge in [-0.3, -0.25) is 15.0 Å². The molecule has 0 radical (unpaired) electrons. The molecular formula is C3AgHgN3O3. The molecule has 0 atom stereocenters. The molecule has 0 rings (SSSR count). The van der Waals surface area contributed by atoms with E-state index >= 15 is 0 Å². The van der Waals surface area contributed by atoms with Crippen LogP contribution in [0, 0.1) is 35.3 Å². The summed E-state index contributed by atoms with van der Waals surface area (Å²) in [4.78, 5) is 0. The van der Waals surface area contributed by atoms with Gasteiger partial charge in [0, 0.05) is 0 Å². The molecule has 0 aliphatic carbocycles. The standard InChI is InChI=1S/3CNO.Ag.Hg/c3*1-2-3;;/q3*-1;+1;+2. The van der Waals surface area contributed by atoms with Gasteiger partial charge in [-0.25, -0.2) is 19.7 Å². The van der Waals surface area contributed by atoms with Crippen LogP contribution in [0.25, 0.3) is 15.0 Å². The van der Waals surface area contributed by atoms with E-state index in [9.17, 15) is 0 Å². The molecule has 0 saturated carbocycles. The van der Waals surface area contributed by atoms with E-state index in [-0.39, 0.29) is 50.0 Å². The molecule has 0 aliphatic heterocycles. The molecule has 0 aromatic carbocycles. The van der Waals surface area contributed by atoms with Gasteiger partial charge in [-0.15, -0.1) is 0 Å². The van der Waals surface area contributed by atoms with E-state index in [0.29, 0.717) is 0 Å². The van der Waals surface area contributed by atoms with Crippen LogP contribution >= 0.6 is 0 Å². The van der Waals surface area contributed by atoms with Crippen molar-refractivity contribution in [2.75, 3.05) is 0 Å². The molecule has 0 amide bonds. The van der Waals surface area contributed by atoms with Crippen LogP contribution in [0.1, 0.15) is 0 Å². The Kier molecular flexibility index (Phi) is 306. The zero-order valence-corrected chi connectivity index (χ0v) is 12.1. The van der Waals surface area contributed by atoms with Crippen LogP contribution in [0.4, 0.5) is 0 Å². The Morgan fingerprint density at radius 3 is 0.727 bits per heavy atom. The molecule has 0 spiro atoms. The van der Waals surface area contributed by atoms with Gasteiger partial charge in [0.2, 0.25) is 0 Å². The van der Waals surface area contributed by atoms with Crippen LogP contribution < -0.4 is 0 Å². The Morgan fingerprint density at radius 2 is 0.727 bits per heavy atom. The maximum absolute atomic E-state index is 8.22. The Hall–Kier alpha value is -0.455. The van der Waals surface area contributed by atoms with E-state index in [1.165, 1.54) is 15.0 Å². The van der Waals surface area contributed by atoms with Gasteiger partial charge in [0.05, 0.1) is 0 Å². The quantitative estimate of drug-likeness (QED) is 0.326. The molecule has 11 heavy (non-hydrogen) atoms. The Balaban J connectivity index is -0.0000000150. The topological polar surface area (TPSA) is 82.3 Å². The van der Waals surface area contributed by atoms with Crippen LogP contribution in [0.15, 0.2) is 0 Å². The van der Waals surface area contributed by atoms with Crippen LogP contribution in [0.2, 0.25) is 0 Å². The van der Waals surface area contributed by atoms with Crippen molar-refractivity contribution in [3.05, 3.63) is 50.4 Å². The first kappa shape index (κ1) is 31.2. The summed E-state index contributed by atoms with van der Waals surface area (Å²) in [6.45, 7) is 15.8. The molecule has 0 bridgehead atoms. The molecule has 0 aromatic heterocycles. The Bertz CT molecular complexity index is 117. The number of nitrogens with zero attached hydrogens (tertiary/aromatic N) is 3. The molecule has 0 aromatic rings. The third-order valence-electron chi connectivity index (χ3n) is 0. The van der Waals surface area contributed by atoms with E-state index in [1.807, 2.05) is 0 Å². The van der Waals surface area contributed by atoms with E-state index in [2.05, 4.69) is 0 Å². The molecule has 0 fully saturated rings. The molecule has 0 aliphatic rings. The minimum absolute atomic E-state index is 0. The summed E-state index contributed by atoms with van der Waals surface area (Å²) in [5.41, 5.74) is 0. The average Bonchev–Trinajstić information content (AvgIpc) is 1.70. The number of hydrogen-bond donors (Lipinski definition) is 0. The zero-order valence-electron chi connectivity index (χ0n) is 5.08. The van der Waals surface area contributed by atoms with Crippen LogP contribution in [0.3, 0.4) is 0 Å².